The van der Waals surface area contributed by atoms with Crippen LogP contribution in [0.5, 0.6) is 0 Å². The lowest BCUT2D eigenvalue weighted by atomic mass is 10.1. The summed E-state index contributed by atoms with van der Waals surface area (Å²) < 4.78 is 0. The second-order valence-corrected chi connectivity index (χ2v) is 16.2. The molecule has 0 saturated carbocycles. The van der Waals surface area contributed by atoms with Gasteiger partial charge >= 0.3 is 0 Å². The van der Waals surface area contributed by atoms with Crippen LogP contribution < -0.4 is 0 Å². The normalized spacial score (nSPS) is 21.0. The van der Waals surface area contributed by atoms with E-state index in [0.717, 1.165) is 0 Å². The highest BCUT2D eigenvalue weighted by Gasteiger charge is 2.35. The number of rotatable bonds is 2. The third-order valence-electron chi connectivity index (χ3n) is 5.49. The molecule has 2 aliphatic rings. The molecule has 2 heteroatoms. The molecular weight excluding hydrogens is 320 g/mol. The SMILES string of the molecule is CC1=Cc2ccccc2C1[Si](C1C(C)=Cc2ccccc21)=[Si](C)C. The molecule has 2 aromatic carbocycles. The van der Waals surface area contributed by atoms with Gasteiger partial charge in [-0.15, -0.1) is 0 Å². The summed E-state index contributed by atoms with van der Waals surface area (Å²) in [6.45, 7) is 9.81. The maximum Gasteiger partial charge on any atom is 0.0132 e. The van der Waals surface area contributed by atoms with Crippen LogP contribution in [0.4, 0.5) is 0 Å². The van der Waals surface area contributed by atoms with Crippen LogP contribution in [0.15, 0.2) is 59.7 Å². The number of benzene rings is 2. The van der Waals surface area contributed by atoms with Crippen LogP contribution in [-0.4, -0.2) is 15.8 Å². The summed E-state index contributed by atoms with van der Waals surface area (Å²) in [6, 6.07) is 18.1. The van der Waals surface area contributed by atoms with Crippen molar-refractivity contribution in [1.82, 2.24) is 0 Å². The van der Waals surface area contributed by atoms with Crippen molar-refractivity contribution in [1.29, 1.82) is 0 Å². The first-order valence-corrected chi connectivity index (χ1v) is 13.9. The largest absolute Gasteiger partial charge is 0.0650 e. The Bertz CT molecular complexity index is 842. The van der Waals surface area contributed by atoms with Gasteiger partial charge in [-0.3, -0.25) is 0 Å². The fourth-order valence-electron chi connectivity index (χ4n) is 4.53. The lowest BCUT2D eigenvalue weighted by Gasteiger charge is -2.27. The number of fused-ring (bicyclic) bond motifs is 2. The first kappa shape index (κ1) is 15.9. The Hall–Kier alpha value is -1.65. The molecule has 2 aromatic rings. The zero-order chi connectivity index (χ0) is 16.8. The molecule has 0 amide bonds. The van der Waals surface area contributed by atoms with E-state index in [0.29, 0.717) is 11.1 Å². The maximum absolute atomic E-state index is 2.54. The van der Waals surface area contributed by atoms with Crippen molar-refractivity contribution in [2.24, 2.45) is 0 Å². The van der Waals surface area contributed by atoms with E-state index in [4.69, 9.17) is 0 Å². The molecule has 0 heterocycles. The first-order valence-electron chi connectivity index (χ1n) is 8.79. The molecule has 4 rings (SSSR count). The van der Waals surface area contributed by atoms with Crippen molar-refractivity contribution in [3.05, 3.63) is 81.9 Å². The molecule has 2 unspecified atom stereocenters. The average molecular weight is 345 g/mol. The summed E-state index contributed by atoms with van der Waals surface area (Å²) in [5.74, 6) is 0. The van der Waals surface area contributed by atoms with E-state index in [-0.39, 0.29) is 7.89 Å². The molecule has 2 aliphatic carbocycles. The topological polar surface area (TPSA) is 0 Å². The molecule has 0 fully saturated rings. The maximum atomic E-state index is 2.54. The fraction of sp³-hybridized carbons (Fsp3) is 0.273. The van der Waals surface area contributed by atoms with Gasteiger partial charge in [-0.25, -0.2) is 0 Å². The van der Waals surface area contributed by atoms with Crippen molar-refractivity contribution < 1.29 is 0 Å². The van der Waals surface area contributed by atoms with Crippen LogP contribution in [0.2, 0.25) is 13.1 Å². The van der Waals surface area contributed by atoms with Gasteiger partial charge in [0.1, 0.15) is 0 Å². The number of allylic oxidation sites excluding steroid dienone is 2. The van der Waals surface area contributed by atoms with Crippen LogP contribution in [0, 0.1) is 0 Å². The predicted molar refractivity (Wildman–Crippen MR) is 109 cm³/mol. The van der Waals surface area contributed by atoms with E-state index in [9.17, 15) is 0 Å². The Morgan fingerprint density at radius 3 is 1.50 bits per heavy atom. The average Bonchev–Trinajstić information content (AvgIpc) is 3.05. The van der Waals surface area contributed by atoms with E-state index in [1.54, 1.807) is 22.3 Å². The van der Waals surface area contributed by atoms with Crippen LogP contribution in [0.1, 0.15) is 47.2 Å². The van der Waals surface area contributed by atoms with Crippen LogP contribution in [0.3, 0.4) is 0 Å². The Kier molecular flexibility index (Phi) is 3.97. The summed E-state index contributed by atoms with van der Waals surface area (Å²) in [4.78, 5) is 0. The summed E-state index contributed by atoms with van der Waals surface area (Å²) >= 11 is 0. The molecule has 0 aliphatic heterocycles. The number of hydrogen-bond donors (Lipinski definition) is 0. The smallest absolute Gasteiger partial charge is 0.0132 e. The lowest BCUT2D eigenvalue weighted by Crippen LogP contribution is -2.30. The highest BCUT2D eigenvalue weighted by molar-refractivity contribution is 6.97. The second-order valence-electron chi connectivity index (χ2n) is 7.36. The third kappa shape index (κ3) is 2.40. The molecule has 24 heavy (non-hydrogen) atoms. The minimum absolute atomic E-state index is 0.367. The lowest BCUT2D eigenvalue weighted by molar-refractivity contribution is 1.03. The van der Waals surface area contributed by atoms with Gasteiger partial charge < -0.3 is 0 Å². The van der Waals surface area contributed by atoms with E-state index >= 15 is 0 Å². The summed E-state index contributed by atoms with van der Waals surface area (Å²) in [7, 11) is -0.940. The minimum Gasteiger partial charge on any atom is -0.0650 e. The van der Waals surface area contributed by atoms with Gasteiger partial charge in [-0.1, -0.05) is 84.9 Å². The summed E-state index contributed by atoms with van der Waals surface area (Å²) in [6.07, 6.45) is 4.88. The van der Waals surface area contributed by atoms with Gasteiger partial charge in [0.15, 0.2) is 0 Å². The van der Waals surface area contributed by atoms with Crippen LogP contribution in [-0.2, 0) is 0 Å². The van der Waals surface area contributed by atoms with Crippen LogP contribution >= 0.6 is 0 Å². The van der Waals surface area contributed by atoms with Gasteiger partial charge in [-0.2, -0.15) is 0 Å². The van der Waals surface area contributed by atoms with Crippen molar-refractivity contribution in [2.75, 3.05) is 0 Å². The molecular formula is C22H24Si2. The van der Waals surface area contributed by atoms with Crippen LogP contribution in [0.25, 0.3) is 12.2 Å². The zero-order valence-electron chi connectivity index (χ0n) is 14.9. The molecule has 0 saturated heterocycles. The van der Waals surface area contributed by atoms with Gasteiger partial charge in [0.2, 0.25) is 0 Å². The van der Waals surface area contributed by atoms with E-state index in [1.165, 1.54) is 11.1 Å². The highest BCUT2D eigenvalue weighted by Crippen LogP contribution is 2.44. The van der Waals surface area contributed by atoms with Gasteiger partial charge in [0, 0.05) is 19.0 Å². The molecule has 2 atom stereocenters. The monoisotopic (exact) mass is 344 g/mol. The summed E-state index contributed by atoms with van der Waals surface area (Å²) in [5, 5.41) is 0. The van der Waals surface area contributed by atoms with Crippen molar-refractivity contribution in [3.8, 4) is 0 Å². The van der Waals surface area contributed by atoms with Crippen molar-refractivity contribution in [3.63, 3.8) is 0 Å². The quantitative estimate of drug-likeness (QED) is 0.605. The Morgan fingerprint density at radius 1 is 0.667 bits per heavy atom. The zero-order valence-corrected chi connectivity index (χ0v) is 16.9. The summed E-state index contributed by atoms with van der Waals surface area (Å²) in [5.41, 5.74) is 10.6. The Morgan fingerprint density at radius 2 is 1.08 bits per heavy atom. The number of hydrogen-bond acceptors (Lipinski definition) is 0. The molecule has 0 radical (unpaired) electrons. The minimum atomic E-state index is -0.573. The highest BCUT2D eigenvalue weighted by atomic mass is 28.9. The van der Waals surface area contributed by atoms with Gasteiger partial charge in [0.25, 0.3) is 0 Å². The first-order chi connectivity index (χ1) is 11.6. The fourth-order valence-corrected chi connectivity index (χ4v) is 14.1. The third-order valence-corrected chi connectivity index (χ3v) is 14.6. The Labute approximate surface area is 148 Å². The Balaban J connectivity index is 1.89. The molecule has 0 spiro atoms. The molecule has 0 N–H and O–H groups in total. The van der Waals surface area contributed by atoms with Gasteiger partial charge in [-0.05, 0) is 44.0 Å². The predicted octanol–water partition coefficient (Wildman–Crippen LogP) is 5.79. The standard InChI is InChI=1S/C22H24Si2/c1-15-13-17-9-5-7-11-19(17)21(15)24(23(3)4)22-16(2)14-18-10-6-8-12-20(18)22/h5-14,21-22H,1-4H3. The second kappa shape index (κ2) is 6.01. The molecule has 0 aromatic heterocycles. The van der Waals surface area contributed by atoms with Crippen molar-refractivity contribution in [2.45, 2.75) is 38.0 Å². The van der Waals surface area contributed by atoms with E-state index in [1.807, 2.05) is 0 Å². The van der Waals surface area contributed by atoms with E-state index < -0.39 is 7.89 Å². The molecule has 120 valence electrons. The molecule has 0 nitrogen and oxygen atoms in total. The van der Waals surface area contributed by atoms with E-state index in [2.05, 4.69) is 87.6 Å². The van der Waals surface area contributed by atoms with Gasteiger partial charge in [0.05, 0.1) is 0 Å². The van der Waals surface area contributed by atoms with Crippen molar-refractivity contribution >= 4 is 27.9 Å². The molecule has 0 bridgehead atoms.